The van der Waals surface area contributed by atoms with Gasteiger partial charge in [0.25, 0.3) is 0 Å². The Bertz CT molecular complexity index is 363. The van der Waals surface area contributed by atoms with E-state index in [4.69, 9.17) is 0 Å². The highest BCUT2D eigenvalue weighted by molar-refractivity contribution is 7.89. The molecule has 0 saturated heterocycles. The average molecular weight is 199 g/mol. The summed E-state index contributed by atoms with van der Waals surface area (Å²) in [5, 5.41) is 0. The highest BCUT2D eigenvalue weighted by Crippen LogP contribution is 2.14. The van der Waals surface area contributed by atoms with Gasteiger partial charge in [-0.3, -0.25) is 0 Å². The number of sulfonamides is 1. The molecule has 0 fully saturated rings. The Labute approximate surface area is 78.9 Å². The maximum absolute atomic E-state index is 10.7. The number of hydrogen-bond donors (Lipinski definition) is 0. The van der Waals surface area contributed by atoms with Gasteiger partial charge in [0, 0.05) is 6.21 Å². The lowest BCUT2D eigenvalue weighted by Crippen LogP contribution is -1.97. The van der Waals surface area contributed by atoms with Gasteiger partial charge in [0.1, 0.15) is 0 Å². The van der Waals surface area contributed by atoms with Gasteiger partial charge in [0.15, 0.2) is 0 Å². The molecule has 0 bridgehead atoms. The second-order valence-corrected chi connectivity index (χ2v) is 4.92. The van der Waals surface area contributed by atoms with Crippen LogP contribution in [0.4, 0.5) is 0 Å². The van der Waals surface area contributed by atoms with E-state index in [1.165, 1.54) is 6.21 Å². The first-order valence-electron chi connectivity index (χ1n) is 4.11. The topological polar surface area (TPSA) is 46.5 Å². The molecular formula is C9H13NO2S. The van der Waals surface area contributed by atoms with E-state index >= 15 is 0 Å². The molecule has 0 aromatic rings. The van der Waals surface area contributed by atoms with E-state index in [-0.39, 0.29) is 0 Å². The summed E-state index contributed by atoms with van der Waals surface area (Å²) in [5.41, 5.74) is 0.864. The molecule has 72 valence electrons. The first kappa shape index (κ1) is 10.2. The number of hydrogen-bond acceptors (Lipinski definition) is 2. The summed E-state index contributed by atoms with van der Waals surface area (Å²) in [6, 6.07) is 0. The quantitative estimate of drug-likeness (QED) is 0.633. The first-order valence-corrected chi connectivity index (χ1v) is 5.96. The van der Waals surface area contributed by atoms with Crippen LogP contribution in [-0.2, 0) is 10.0 Å². The molecule has 0 radical (unpaired) electrons. The van der Waals surface area contributed by atoms with E-state index in [0.717, 1.165) is 18.2 Å². The molecule has 13 heavy (non-hydrogen) atoms. The minimum absolute atomic E-state index is 0.537. The molecular weight excluding hydrogens is 186 g/mol. The van der Waals surface area contributed by atoms with Gasteiger partial charge in [-0.25, -0.2) is 8.42 Å². The molecule has 0 N–H and O–H groups in total. The Morgan fingerprint density at radius 3 is 2.77 bits per heavy atom. The van der Waals surface area contributed by atoms with Crippen molar-refractivity contribution in [2.45, 2.75) is 13.3 Å². The molecule has 0 saturated carbocycles. The van der Waals surface area contributed by atoms with Crippen LogP contribution in [0.1, 0.15) is 13.3 Å². The highest BCUT2D eigenvalue weighted by atomic mass is 32.2. The average Bonchev–Trinajstić information content (AvgIpc) is 2.02. The Hall–Kier alpha value is -0.900. The van der Waals surface area contributed by atoms with E-state index in [0.29, 0.717) is 5.92 Å². The summed E-state index contributed by atoms with van der Waals surface area (Å²) >= 11 is 0. The summed E-state index contributed by atoms with van der Waals surface area (Å²) in [7, 11) is -3.24. The largest absolute Gasteiger partial charge is 0.250 e. The van der Waals surface area contributed by atoms with Gasteiger partial charge in [-0.05, 0) is 17.9 Å². The molecule has 0 spiro atoms. The molecule has 1 rings (SSSR count). The van der Waals surface area contributed by atoms with Gasteiger partial charge in [-0.2, -0.15) is 4.40 Å². The highest BCUT2D eigenvalue weighted by Gasteiger charge is 2.02. The second kappa shape index (κ2) is 3.87. The van der Waals surface area contributed by atoms with Crippen molar-refractivity contribution >= 4 is 16.2 Å². The Morgan fingerprint density at radius 2 is 2.31 bits per heavy atom. The molecule has 0 heterocycles. The smallest absolute Gasteiger partial charge is 0.205 e. The van der Waals surface area contributed by atoms with Gasteiger partial charge in [0.2, 0.25) is 10.0 Å². The van der Waals surface area contributed by atoms with E-state index in [1.54, 1.807) is 0 Å². The second-order valence-electron chi connectivity index (χ2n) is 3.24. The van der Waals surface area contributed by atoms with Crippen LogP contribution < -0.4 is 0 Å². The van der Waals surface area contributed by atoms with Crippen LogP contribution >= 0.6 is 0 Å². The van der Waals surface area contributed by atoms with Gasteiger partial charge in [-0.15, -0.1) is 0 Å². The molecule has 3 nitrogen and oxygen atoms in total. The molecule has 1 atom stereocenters. The van der Waals surface area contributed by atoms with E-state index in [1.807, 2.05) is 18.2 Å². The molecule has 1 unspecified atom stereocenters. The van der Waals surface area contributed by atoms with E-state index in [2.05, 4.69) is 11.3 Å². The monoisotopic (exact) mass is 199 g/mol. The first-order chi connectivity index (χ1) is 5.97. The fraction of sp³-hybridized carbons (Fsp3) is 0.444. The number of nitrogens with zero attached hydrogens (tertiary/aromatic N) is 1. The Balaban J connectivity index is 2.68. The van der Waals surface area contributed by atoms with Crippen LogP contribution in [0, 0.1) is 5.92 Å². The fourth-order valence-electron chi connectivity index (χ4n) is 0.996. The Kier molecular flexibility index (Phi) is 3.03. The zero-order chi connectivity index (χ0) is 9.90. The lowest BCUT2D eigenvalue weighted by atomic mass is 9.99. The molecule has 1 aliphatic carbocycles. The lowest BCUT2D eigenvalue weighted by molar-refractivity contribution is 0.604. The predicted molar refractivity (Wildman–Crippen MR) is 54.3 cm³/mol. The third-order valence-electron chi connectivity index (χ3n) is 1.74. The summed E-state index contributed by atoms with van der Waals surface area (Å²) in [6.07, 6.45) is 9.34. The van der Waals surface area contributed by atoms with Crippen molar-refractivity contribution in [1.82, 2.24) is 0 Å². The maximum atomic E-state index is 10.7. The SMILES string of the molecule is CC1C=CC(/C=N/S(C)(=O)=O)=CC1. The molecule has 0 aliphatic heterocycles. The minimum atomic E-state index is -3.24. The third kappa shape index (κ3) is 4.03. The predicted octanol–water partition coefficient (Wildman–Crippen LogP) is 1.54. The normalized spacial score (nSPS) is 23.5. The van der Waals surface area contributed by atoms with Crippen LogP contribution in [0.5, 0.6) is 0 Å². The molecule has 4 heteroatoms. The third-order valence-corrected chi connectivity index (χ3v) is 2.22. The van der Waals surface area contributed by atoms with Crippen molar-refractivity contribution in [2.24, 2.45) is 10.3 Å². The van der Waals surface area contributed by atoms with Crippen molar-refractivity contribution in [1.29, 1.82) is 0 Å². The summed E-state index contributed by atoms with van der Waals surface area (Å²) in [4.78, 5) is 0. The van der Waals surface area contributed by atoms with Gasteiger partial charge in [-0.1, -0.05) is 25.2 Å². The van der Waals surface area contributed by atoms with Crippen LogP contribution in [0.25, 0.3) is 0 Å². The minimum Gasteiger partial charge on any atom is -0.205 e. The molecule has 0 aromatic heterocycles. The van der Waals surface area contributed by atoms with E-state index < -0.39 is 10.0 Å². The maximum Gasteiger partial charge on any atom is 0.250 e. The summed E-state index contributed by atoms with van der Waals surface area (Å²) in [5.74, 6) is 0.537. The molecule has 1 aliphatic rings. The van der Waals surface area contributed by atoms with Crippen molar-refractivity contribution in [3.8, 4) is 0 Å². The van der Waals surface area contributed by atoms with Gasteiger partial charge >= 0.3 is 0 Å². The number of allylic oxidation sites excluding steroid dienone is 4. The summed E-state index contributed by atoms with van der Waals surface area (Å²) in [6.45, 7) is 2.11. The zero-order valence-electron chi connectivity index (χ0n) is 7.77. The van der Waals surface area contributed by atoms with Crippen LogP contribution in [0.15, 0.2) is 28.2 Å². The van der Waals surface area contributed by atoms with Gasteiger partial charge < -0.3 is 0 Å². The van der Waals surface area contributed by atoms with Crippen molar-refractivity contribution < 1.29 is 8.42 Å². The van der Waals surface area contributed by atoms with Crippen LogP contribution in [-0.4, -0.2) is 20.9 Å². The van der Waals surface area contributed by atoms with E-state index in [9.17, 15) is 8.42 Å². The van der Waals surface area contributed by atoms with Crippen LogP contribution in [0.3, 0.4) is 0 Å². The van der Waals surface area contributed by atoms with Gasteiger partial charge in [0.05, 0.1) is 6.26 Å². The molecule has 0 aromatic carbocycles. The van der Waals surface area contributed by atoms with Crippen LogP contribution in [0.2, 0.25) is 0 Å². The standard InChI is InChI=1S/C9H13NO2S/c1-8-3-5-9(6-4-8)7-10-13(2,11)12/h3,5-8H,4H2,1-2H3/b10-7+. The van der Waals surface area contributed by atoms with Crippen molar-refractivity contribution in [3.05, 3.63) is 23.8 Å². The fourth-order valence-corrected chi connectivity index (χ4v) is 1.31. The van der Waals surface area contributed by atoms with Crippen molar-refractivity contribution in [2.75, 3.05) is 6.26 Å². The zero-order valence-corrected chi connectivity index (χ0v) is 8.58. The summed E-state index contributed by atoms with van der Waals surface area (Å²) < 4.78 is 24.8. The molecule has 0 amide bonds. The number of rotatable bonds is 2. The van der Waals surface area contributed by atoms with Crippen molar-refractivity contribution in [3.63, 3.8) is 0 Å². The Morgan fingerprint density at radius 1 is 1.62 bits per heavy atom. The lowest BCUT2D eigenvalue weighted by Gasteiger charge is -2.07.